The first-order valence-corrected chi connectivity index (χ1v) is 10.8. The number of sulfonamides is 1. The van der Waals surface area contributed by atoms with Crippen molar-refractivity contribution in [3.05, 3.63) is 42.4 Å². The first-order valence-electron chi connectivity index (χ1n) is 9.37. The first-order chi connectivity index (χ1) is 13.5. The normalized spacial score (nSPS) is 18.0. The van der Waals surface area contributed by atoms with Gasteiger partial charge in [-0.3, -0.25) is 4.79 Å². The third-order valence-electron chi connectivity index (χ3n) is 4.98. The summed E-state index contributed by atoms with van der Waals surface area (Å²) >= 11 is 0. The maximum absolute atomic E-state index is 12.8. The van der Waals surface area contributed by atoms with E-state index < -0.39 is 10.0 Å². The van der Waals surface area contributed by atoms with Gasteiger partial charge >= 0.3 is 0 Å². The molecular weight excluding hydrogens is 380 g/mol. The topological polar surface area (TPSA) is 93.5 Å². The van der Waals surface area contributed by atoms with Crippen molar-refractivity contribution in [2.45, 2.75) is 37.9 Å². The molecule has 8 nitrogen and oxygen atoms in total. The van der Waals surface area contributed by atoms with Crippen LogP contribution in [0.5, 0.6) is 5.75 Å². The van der Waals surface area contributed by atoms with Crippen LogP contribution >= 0.6 is 0 Å². The summed E-state index contributed by atoms with van der Waals surface area (Å²) in [6.45, 7) is 3.47. The fraction of sp³-hybridized carbons (Fsp3) is 0.474. The van der Waals surface area contributed by atoms with Crippen LogP contribution in [0.25, 0.3) is 0 Å². The van der Waals surface area contributed by atoms with E-state index in [1.54, 1.807) is 11.7 Å². The van der Waals surface area contributed by atoms with Gasteiger partial charge in [-0.1, -0.05) is 18.2 Å². The van der Waals surface area contributed by atoms with E-state index in [1.807, 2.05) is 31.2 Å². The maximum Gasteiger partial charge on any atom is 0.262 e. The Balaban J connectivity index is 1.64. The predicted octanol–water partition coefficient (Wildman–Crippen LogP) is 1.63. The number of hydrogen-bond donors (Lipinski definition) is 1. The Morgan fingerprint density at radius 1 is 1.36 bits per heavy atom. The fourth-order valence-electron chi connectivity index (χ4n) is 3.33. The van der Waals surface area contributed by atoms with Crippen molar-refractivity contribution in [3.63, 3.8) is 0 Å². The van der Waals surface area contributed by atoms with Gasteiger partial charge in [0, 0.05) is 37.9 Å². The SMILES string of the molecule is CCn1cnc(S(=O)(=O)N2CCCC(C(=O)NCc3ccccc3OC)C2)c1. The molecule has 1 saturated heterocycles. The van der Waals surface area contributed by atoms with Gasteiger partial charge in [0.05, 0.1) is 19.4 Å². The molecule has 1 aliphatic heterocycles. The quantitative estimate of drug-likeness (QED) is 0.754. The molecule has 3 rings (SSSR count). The number of aromatic nitrogens is 2. The van der Waals surface area contributed by atoms with E-state index in [0.29, 0.717) is 38.2 Å². The van der Waals surface area contributed by atoms with Crippen LogP contribution in [0.3, 0.4) is 0 Å². The van der Waals surface area contributed by atoms with Crippen molar-refractivity contribution < 1.29 is 17.9 Å². The fourth-order valence-corrected chi connectivity index (χ4v) is 4.79. The average molecular weight is 407 g/mol. The van der Waals surface area contributed by atoms with Crippen LogP contribution in [-0.4, -0.2) is 48.4 Å². The van der Waals surface area contributed by atoms with Gasteiger partial charge in [0.25, 0.3) is 10.0 Å². The zero-order chi connectivity index (χ0) is 20.1. The lowest BCUT2D eigenvalue weighted by Gasteiger charge is -2.30. The van der Waals surface area contributed by atoms with Crippen molar-refractivity contribution in [1.29, 1.82) is 0 Å². The summed E-state index contributed by atoms with van der Waals surface area (Å²) in [4.78, 5) is 16.7. The molecule has 0 aliphatic carbocycles. The molecule has 2 heterocycles. The zero-order valence-electron chi connectivity index (χ0n) is 16.2. The number of para-hydroxylation sites is 1. The van der Waals surface area contributed by atoms with Gasteiger partial charge in [0.15, 0.2) is 5.03 Å². The average Bonchev–Trinajstić information content (AvgIpc) is 3.22. The van der Waals surface area contributed by atoms with Crippen molar-refractivity contribution >= 4 is 15.9 Å². The summed E-state index contributed by atoms with van der Waals surface area (Å²) in [7, 11) is -2.11. The zero-order valence-corrected chi connectivity index (χ0v) is 17.0. The molecule has 2 aromatic rings. The Bertz CT molecular complexity index is 926. The number of hydrogen-bond acceptors (Lipinski definition) is 5. The summed E-state index contributed by atoms with van der Waals surface area (Å²) in [6, 6.07) is 7.48. The highest BCUT2D eigenvalue weighted by Crippen LogP contribution is 2.24. The Kier molecular flexibility index (Phi) is 6.35. The second kappa shape index (κ2) is 8.74. The predicted molar refractivity (Wildman–Crippen MR) is 104 cm³/mol. The second-order valence-corrected chi connectivity index (χ2v) is 8.66. The number of piperidine rings is 1. The van der Waals surface area contributed by atoms with E-state index in [0.717, 1.165) is 5.56 Å². The summed E-state index contributed by atoms with van der Waals surface area (Å²) in [5.74, 6) is 0.179. The third kappa shape index (κ3) is 4.36. The molecule has 0 radical (unpaired) electrons. The number of rotatable bonds is 7. The largest absolute Gasteiger partial charge is 0.496 e. The lowest BCUT2D eigenvalue weighted by molar-refractivity contribution is -0.126. The molecule has 0 spiro atoms. The molecule has 1 N–H and O–H groups in total. The number of carbonyl (C=O) groups excluding carboxylic acids is 1. The summed E-state index contributed by atoms with van der Waals surface area (Å²) < 4.78 is 34.1. The van der Waals surface area contributed by atoms with Crippen molar-refractivity contribution in [3.8, 4) is 5.75 Å². The first kappa shape index (κ1) is 20.3. The van der Waals surface area contributed by atoms with Crippen molar-refractivity contribution in [1.82, 2.24) is 19.2 Å². The Labute approximate surface area is 165 Å². The lowest BCUT2D eigenvalue weighted by atomic mass is 9.98. The molecule has 1 amide bonds. The Morgan fingerprint density at radius 2 is 2.14 bits per heavy atom. The van der Waals surface area contributed by atoms with Crippen LogP contribution < -0.4 is 10.1 Å². The Morgan fingerprint density at radius 3 is 2.86 bits per heavy atom. The molecule has 1 fully saturated rings. The van der Waals surface area contributed by atoms with E-state index >= 15 is 0 Å². The number of imidazole rings is 1. The van der Waals surface area contributed by atoms with Crippen LogP contribution in [0.15, 0.2) is 41.8 Å². The minimum Gasteiger partial charge on any atom is -0.496 e. The molecule has 9 heteroatoms. The minimum atomic E-state index is -3.69. The molecule has 1 aliphatic rings. The van der Waals surface area contributed by atoms with Crippen LogP contribution in [0.1, 0.15) is 25.3 Å². The maximum atomic E-state index is 12.8. The van der Waals surface area contributed by atoms with E-state index in [-0.39, 0.29) is 23.4 Å². The van der Waals surface area contributed by atoms with Gasteiger partial charge in [-0.15, -0.1) is 0 Å². The van der Waals surface area contributed by atoms with E-state index in [9.17, 15) is 13.2 Å². The molecule has 1 aromatic carbocycles. The van der Waals surface area contributed by atoms with E-state index in [4.69, 9.17) is 4.74 Å². The number of methoxy groups -OCH3 is 1. The van der Waals surface area contributed by atoms with E-state index in [2.05, 4.69) is 10.3 Å². The highest BCUT2D eigenvalue weighted by molar-refractivity contribution is 7.89. The minimum absolute atomic E-state index is 0.0319. The van der Waals surface area contributed by atoms with Crippen LogP contribution in [-0.2, 0) is 27.9 Å². The number of benzene rings is 1. The molecule has 0 saturated carbocycles. The van der Waals surface area contributed by atoms with Gasteiger partial charge in [0.2, 0.25) is 5.91 Å². The monoisotopic (exact) mass is 406 g/mol. The molecule has 1 unspecified atom stereocenters. The van der Waals surface area contributed by atoms with Gasteiger partial charge in [0.1, 0.15) is 5.75 Å². The van der Waals surface area contributed by atoms with E-state index in [1.165, 1.54) is 16.8 Å². The third-order valence-corrected chi connectivity index (χ3v) is 6.73. The number of nitrogens with one attached hydrogen (secondary N) is 1. The molecule has 28 heavy (non-hydrogen) atoms. The second-order valence-electron chi connectivity index (χ2n) is 6.77. The number of amides is 1. The van der Waals surface area contributed by atoms with Crippen LogP contribution in [0.4, 0.5) is 0 Å². The number of ether oxygens (including phenoxy) is 1. The highest BCUT2D eigenvalue weighted by Gasteiger charge is 2.34. The number of carbonyl (C=O) groups is 1. The van der Waals surface area contributed by atoms with Crippen molar-refractivity contribution in [2.75, 3.05) is 20.2 Å². The number of aryl methyl sites for hydroxylation is 1. The van der Waals surface area contributed by atoms with Gasteiger partial charge in [-0.2, -0.15) is 4.31 Å². The van der Waals surface area contributed by atoms with Gasteiger partial charge in [-0.05, 0) is 25.8 Å². The number of nitrogens with zero attached hydrogens (tertiary/aromatic N) is 3. The highest BCUT2D eigenvalue weighted by atomic mass is 32.2. The van der Waals surface area contributed by atoms with Gasteiger partial charge in [-0.25, -0.2) is 13.4 Å². The lowest BCUT2D eigenvalue weighted by Crippen LogP contribution is -2.45. The standard InChI is InChI=1S/C19H26N4O4S/c1-3-22-13-18(21-14-22)28(25,26)23-10-6-8-16(12-23)19(24)20-11-15-7-4-5-9-17(15)27-2/h4-5,7,9,13-14,16H,3,6,8,10-12H2,1-2H3,(H,20,24). The summed E-state index contributed by atoms with van der Waals surface area (Å²) in [6.07, 6.45) is 4.34. The molecule has 152 valence electrons. The molecule has 1 aromatic heterocycles. The van der Waals surface area contributed by atoms with Crippen LogP contribution in [0.2, 0.25) is 0 Å². The van der Waals surface area contributed by atoms with Crippen molar-refractivity contribution in [2.24, 2.45) is 5.92 Å². The summed E-state index contributed by atoms with van der Waals surface area (Å²) in [5.41, 5.74) is 0.878. The molecule has 1 atom stereocenters. The van der Waals surface area contributed by atoms with Gasteiger partial charge < -0.3 is 14.6 Å². The molecule has 0 bridgehead atoms. The summed E-state index contributed by atoms with van der Waals surface area (Å²) in [5, 5.41) is 2.94. The Hall–Kier alpha value is -2.39. The smallest absolute Gasteiger partial charge is 0.262 e. The molecular formula is C19H26N4O4S. The van der Waals surface area contributed by atoms with Crippen LogP contribution in [0, 0.1) is 5.92 Å².